The lowest BCUT2D eigenvalue weighted by atomic mass is 9.99. The number of fused-ring (bicyclic) bond motifs is 1. The summed E-state index contributed by atoms with van der Waals surface area (Å²) in [4.78, 5) is 9.07. The van der Waals surface area contributed by atoms with Crippen molar-refractivity contribution in [2.75, 3.05) is 0 Å². The Hall–Kier alpha value is -3.87. The predicted molar refractivity (Wildman–Crippen MR) is 102 cm³/mol. The fraction of sp³-hybridized carbons (Fsp3) is 0.0500. The summed E-state index contributed by atoms with van der Waals surface area (Å²) in [5, 5.41) is 14.4. The summed E-state index contributed by atoms with van der Waals surface area (Å²) in [7, 11) is 0. The molecule has 0 aliphatic carbocycles. The van der Waals surface area contributed by atoms with Gasteiger partial charge in [0.15, 0.2) is 5.65 Å². The summed E-state index contributed by atoms with van der Waals surface area (Å²) in [5.74, 6) is 1.49. The number of imidazole rings is 1. The molecule has 0 bridgehead atoms. The molecule has 3 heterocycles. The second kappa shape index (κ2) is 6.14. The Balaban J connectivity index is 1.60. The molecule has 3 aromatic heterocycles. The fourth-order valence-corrected chi connectivity index (χ4v) is 3.33. The molecule has 1 N–H and O–H groups in total. The van der Waals surface area contributed by atoms with Gasteiger partial charge in [-0.25, -0.2) is 9.97 Å². The van der Waals surface area contributed by atoms with Gasteiger partial charge in [0.05, 0.1) is 0 Å². The third kappa shape index (κ3) is 2.56. The average molecular weight is 353 g/mol. The lowest BCUT2D eigenvalue weighted by Crippen LogP contribution is -1.98. The number of aromatic nitrogens is 7. The van der Waals surface area contributed by atoms with E-state index in [-0.39, 0.29) is 0 Å². The number of H-pyrrole nitrogens is 1. The summed E-state index contributed by atoms with van der Waals surface area (Å²) in [5.41, 5.74) is 5.83. The SMILES string of the molecule is Cc1nc2cccnc2n1-c1ccc(-c2ccccc2-c2nn[nH]n2)cc1. The highest BCUT2D eigenvalue weighted by molar-refractivity contribution is 5.81. The first-order chi connectivity index (χ1) is 13.3. The van der Waals surface area contributed by atoms with Crippen molar-refractivity contribution < 1.29 is 0 Å². The third-order valence-electron chi connectivity index (χ3n) is 4.53. The van der Waals surface area contributed by atoms with E-state index in [2.05, 4.69) is 65.5 Å². The Bertz CT molecular complexity index is 1220. The first kappa shape index (κ1) is 15.4. The Morgan fingerprint density at radius 3 is 2.48 bits per heavy atom. The number of hydrogen-bond acceptors (Lipinski definition) is 5. The second-order valence-electron chi connectivity index (χ2n) is 6.17. The van der Waals surface area contributed by atoms with Crippen molar-refractivity contribution >= 4 is 11.2 Å². The van der Waals surface area contributed by atoms with Crippen LogP contribution in [0.3, 0.4) is 0 Å². The van der Waals surface area contributed by atoms with Crippen LogP contribution < -0.4 is 0 Å². The minimum Gasteiger partial charge on any atom is -0.281 e. The largest absolute Gasteiger partial charge is 0.281 e. The van der Waals surface area contributed by atoms with Crippen molar-refractivity contribution in [1.29, 1.82) is 0 Å². The van der Waals surface area contributed by atoms with Gasteiger partial charge >= 0.3 is 0 Å². The molecule has 27 heavy (non-hydrogen) atoms. The summed E-state index contributed by atoms with van der Waals surface area (Å²) < 4.78 is 2.06. The van der Waals surface area contributed by atoms with E-state index >= 15 is 0 Å². The van der Waals surface area contributed by atoms with Crippen molar-refractivity contribution in [3.05, 3.63) is 72.7 Å². The standard InChI is InChI=1S/C20H15N7/c1-13-22-18-7-4-12-21-20(18)27(13)15-10-8-14(9-11-15)16-5-2-3-6-17(16)19-23-25-26-24-19/h2-12H,1H3,(H,23,24,25,26). The van der Waals surface area contributed by atoms with E-state index in [4.69, 9.17) is 0 Å². The van der Waals surface area contributed by atoms with Crippen molar-refractivity contribution in [3.63, 3.8) is 0 Å². The van der Waals surface area contributed by atoms with Gasteiger partial charge in [-0.3, -0.25) is 4.57 Å². The van der Waals surface area contributed by atoms with Crippen LogP contribution in [0.15, 0.2) is 66.9 Å². The zero-order valence-electron chi connectivity index (χ0n) is 14.5. The summed E-state index contributed by atoms with van der Waals surface area (Å²) >= 11 is 0. The van der Waals surface area contributed by atoms with Gasteiger partial charge in [-0.1, -0.05) is 36.4 Å². The van der Waals surface area contributed by atoms with E-state index in [9.17, 15) is 0 Å². The lowest BCUT2D eigenvalue weighted by Gasteiger charge is -2.10. The molecule has 5 aromatic rings. The molecule has 0 saturated heterocycles. The maximum absolute atomic E-state index is 4.59. The van der Waals surface area contributed by atoms with Crippen LogP contribution in [-0.2, 0) is 0 Å². The average Bonchev–Trinajstić information content (AvgIpc) is 3.35. The Kier molecular flexibility index (Phi) is 3.50. The molecule has 0 spiro atoms. The van der Waals surface area contributed by atoms with Gasteiger partial charge < -0.3 is 0 Å². The Labute approximate surface area is 154 Å². The van der Waals surface area contributed by atoms with E-state index in [1.807, 2.05) is 37.3 Å². The molecule has 0 radical (unpaired) electrons. The zero-order chi connectivity index (χ0) is 18.2. The number of hydrogen-bond donors (Lipinski definition) is 1. The summed E-state index contributed by atoms with van der Waals surface area (Å²) in [6, 6.07) is 20.2. The van der Waals surface area contributed by atoms with Gasteiger partial charge in [0, 0.05) is 17.4 Å². The molecular formula is C20H15N7. The first-order valence-corrected chi connectivity index (χ1v) is 8.55. The van der Waals surface area contributed by atoms with E-state index in [1.54, 1.807) is 6.20 Å². The molecule has 0 unspecified atom stereocenters. The van der Waals surface area contributed by atoms with Gasteiger partial charge in [-0.2, -0.15) is 5.21 Å². The molecule has 0 aliphatic rings. The molecule has 0 fully saturated rings. The molecular weight excluding hydrogens is 338 g/mol. The summed E-state index contributed by atoms with van der Waals surface area (Å²) in [6.45, 7) is 1.99. The molecule has 2 aromatic carbocycles. The van der Waals surface area contributed by atoms with Gasteiger partial charge in [-0.15, -0.1) is 10.2 Å². The minimum absolute atomic E-state index is 0.579. The third-order valence-corrected chi connectivity index (χ3v) is 4.53. The van der Waals surface area contributed by atoms with Crippen molar-refractivity contribution in [2.45, 2.75) is 6.92 Å². The number of nitrogens with zero attached hydrogens (tertiary/aromatic N) is 6. The Morgan fingerprint density at radius 1 is 0.889 bits per heavy atom. The molecule has 5 rings (SSSR count). The number of tetrazole rings is 1. The van der Waals surface area contributed by atoms with Crippen molar-refractivity contribution in [2.24, 2.45) is 0 Å². The van der Waals surface area contributed by atoms with E-state index in [1.165, 1.54) is 0 Å². The molecule has 0 atom stereocenters. The topological polar surface area (TPSA) is 85.2 Å². The van der Waals surface area contributed by atoms with Crippen LogP contribution >= 0.6 is 0 Å². The van der Waals surface area contributed by atoms with Gasteiger partial charge in [0.2, 0.25) is 5.82 Å². The number of nitrogens with one attached hydrogen (secondary N) is 1. The van der Waals surface area contributed by atoms with Crippen molar-refractivity contribution in [1.82, 2.24) is 35.2 Å². The summed E-state index contributed by atoms with van der Waals surface area (Å²) in [6.07, 6.45) is 1.79. The monoisotopic (exact) mass is 353 g/mol. The smallest absolute Gasteiger partial charge is 0.205 e. The van der Waals surface area contributed by atoms with Crippen LogP contribution in [-0.4, -0.2) is 35.2 Å². The van der Waals surface area contributed by atoms with Crippen LogP contribution in [0.4, 0.5) is 0 Å². The molecule has 7 nitrogen and oxygen atoms in total. The van der Waals surface area contributed by atoms with Crippen LogP contribution in [0.1, 0.15) is 5.82 Å². The highest BCUT2D eigenvalue weighted by atomic mass is 15.5. The normalized spacial score (nSPS) is 11.1. The zero-order valence-corrected chi connectivity index (χ0v) is 14.5. The highest BCUT2D eigenvalue weighted by Crippen LogP contribution is 2.30. The van der Waals surface area contributed by atoms with Gasteiger partial charge in [0.1, 0.15) is 11.3 Å². The highest BCUT2D eigenvalue weighted by Gasteiger charge is 2.12. The van der Waals surface area contributed by atoms with E-state index in [0.717, 1.165) is 39.4 Å². The number of rotatable bonds is 3. The van der Waals surface area contributed by atoms with Crippen LogP contribution in [0.5, 0.6) is 0 Å². The molecule has 7 heteroatoms. The first-order valence-electron chi connectivity index (χ1n) is 8.55. The lowest BCUT2D eigenvalue weighted by molar-refractivity contribution is 0.881. The number of aromatic amines is 1. The van der Waals surface area contributed by atoms with Crippen LogP contribution in [0, 0.1) is 6.92 Å². The van der Waals surface area contributed by atoms with Crippen LogP contribution in [0.2, 0.25) is 0 Å². The van der Waals surface area contributed by atoms with Crippen LogP contribution in [0.25, 0.3) is 39.4 Å². The second-order valence-corrected chi connectivity index (χ2v) is 6.17. The molecule has 0 amide bonds. The van der Waals surface area contributed by atoms with E-state index in [0.29, 0.717) is 5.82 Å². The van der Waals surface area contributed by atoms with E-state index < -0.39 is 0 Å². The molecule has 130 valence electrons. The van der Waals surface area contributed by atoms with Gasteiger partial charge in [0.25, 0.3) is 0 Å². The fourth-order valence-electron chi connectivity index (χ4n) is 3.33. The number of pyridine rings is 1. The minimum atomic E-state index is 0.579. The van der Waals surface area contributed by atoms with Gasteiger partial charge in [-0.05, 0) is 47.5 Å². The maximum atomic E-state index is 4.59. The van der Waals surface area contributed by atoms with Crippen molar-refractivity contribution in [3.8, 4) is 28.2 Å². The Morgan fingerprint density at radius 2 is 1.70 bits per heavy atom. The number of aryl methyl sites for hydroxylation is 1. The molecule has 0 saturated carbocycles. The maximum Gasteiger partial charge on any atom is 0.205 e. The molecule has 0 aliphatic heterocycles. The predicted octanol–water partition coefficient (Wildman–Crippen LogP) is 3.58. The number of benzene rings is 2. The quantitative estimate of drug-likeness (QED) is 0.536.